The number of para-hydroxylation sites is 2. The van der Waals surface area contributed by atoms with E-state index in [1.165, 1.54) is 0 Å². The largest absolute Gasteiger partial charge is 0.233 e. The van der Waals surface area contributed by atoms with Crippen LogP contribution in [0.2, 0.25) is 0 Å². The minimum Gasteiger partial charge on any atom is -0.233 e. The SMILES string of the molecule is Cc1cccc(C)c1N=C(Cl)C(Cl)=Nc1c(C)cccc1C. The van der Waals surface area contributed by atoms with Crippen molar-refractivity contribution in [2.75, 3.05) is 0 Å². The Morgan fingerprint density at radius 1 is 0.636 bits per heavy atom. The highest BCUT2D eigenvalue weighted by molar-refractivity contribution is 7.00. The van der Waals surface area contributed by atoms with Crippen LogP contribution in [0.5, 0.6) is 0 Å². The van der Waals surface area contributed by atoms with Crippen LogP contribution in [0.1, 0.15) is 22.3 Å². The van der Waals surface area contributed by atoms with Crippen LogP contribution in [-0.4, -0.2) is 10.3 Å². The Bertz CT molecular complexity index is 656. The van der Waals surface area contributed by atoms with Gasteiger partial charge in [-0.3, -0.25) is 0 Å². The smallest absolute Gasteiger partial charge is 0.166 e. The first-order valence-corrected chi connectivity index (χ1v) is 7.77. The summed E-state index contributed by atoms with van der Waals surface area (Å²) in [6.45, 7) is 7.97. The lowest BCUT2D eigenvalue weighted by molar-refractivity contribution is 1.33. The third-order valence-corrected chi connectivity index (χ3v) is 4.09. The van der Waals surface area contributed by atoms with E-state index in [1.807, 2.05) is 64.1 Å². The van der Waals surface area contributed by atoms with Crippen molar-refractivity contribution in [1.82, 2.24) is 0 Å². The standard InChI is InChI=1S/C18H18Cl2N2/c1-11-7-5-8-12(2)15(11)21-17(19)18(20)22-16-13(3)9-6-10-14(16)4/h5-10H,1-4H3. The molecular formula is C18H18Cl2N2. The van der Waals surface area contributed by atoms with E-state index >= 15 is 0 Å². The van der Waals surface area contributed by atoms with Crippen LogP contribution in [0.15, 0.2) is 46.4 Å². The van der Waals surface area contributed by atoms with E-state index in [-0.39, 0.29) is 10.3 Å². The van der Waals surface area contributed by atoms with Crippen LogP contribution >= 0.6 is 23.2 Å². The zero-order valence-corrected chi connectivity index (χ0v) is 14.6. The number of aliphatic imine (C=N–C) groups is 2. The highest BCUT2D eigenvalue weighted by Gasteiger charge is 2.08. The fourth-order valence-electron chi connectivity index (χ4n) is 2.25. The van der Waals surface area contributed by atoms with Crippen molar-refractivity contribution in [3.8, 4) is 0 Å². The normalized spacial score (nSPS) is 12.6. The second-order valence-corrected chi connectivity index (χ2v) is 6.00. The molecule has 0 spiro atoms. The van der Waals surface area contributed by atoms with Crippen LogP contribution in [0.25, 0.3) is 0 Å². The molecule has 0 aliphatic carbocycles. The summed E-state index contributed by atoms with van der Waals surface area (Å²) in [6.07, 6.45) is 0. The summed E-state index contributed by atoms with van der Waals surface area (Å²) in [4.78, 5) is 8.87. The van der Waals surface area contributed by atoms with Gasteiger partial charge in [-0.05, 0) is 49.9 Å². The monoisotopic (exact) mass is 332 g/mol. The third kappa shape index (κ3) is 3.76. The molecule has 22 heavy (non-hydrogen) atoms. The van der Waals surface area contributed by atoms with Gasteiger partial charge in [-0.15, -0.1) is 0 Å². The molecule has 0 unspecified atom stereocenters. The number of hydrogen-bond donors (Lipinski definition) is 0. The number of benzene rings is 2. The molecule has 0 bridgehead atoms. The lowest BCUT2D eigenvalue weighted by Crippen LogP contribution is -2.00. The highest BCUT2D eigenvalue weighted by atomic mass is 35.5. The van der Waals surface area contributed by atoms with Crippen LogP contribution in [0.3, 0.4) is 0 Å². The molecule has 0 aromatic heterocycles. The van der Waals surface area contributed by atoms with E-state index in [2.05, 4.69) is 9.98 Å². The van der Waals surface area contributed by atoms with Gasteiger partial charge in [-0.25, -0.2) is 9.98 Å². The minimum absolute atomic E-state index is 0.196. The number of halogens is 2. The molecule has 2 aromatic rings. The topological polar surface area (TPSA) is 24.7 Å². The molecule has 0 fully saturated rings. The van der Waals surface area contributed by atoms with Gasteiger partial charge in [0.05, 0.1) is 11.4 Å². The maximum Gasteiger partial charge on any atom is 0.166 e. The second-order valence-electron chi connectivity index (χ2n) is 5.29. The van der Waals surface area contributed by atoms with E-state index in [9.17, 15) is 0 Å². The molecule has 4 heteroatoms. The van der Waals surface area contributed by atoms with Crippen LogP contribution in [0, 0.1) is 27.7 Å². The Morgan fingerprint density at radius 2 is 0.909 bits per heavy atom. The van der Waals surface area contributed by atoms with Crippen LogP contribution in [0.4, 0.5) is 11.4 Å². The van der Waals surface area contributed by atoms with E-state index in [1.54, 1.807) is 0 Å². The predicted molar refractivity (Wildman–Crippen MR) is 97.7 cm³/mol. The van der Waals surface area contributed by atoms with Crippen molar-refractivity contribution >= 4 is 44.9 Å². The number of rotatable bonds is 3. The highest BCUT2D eigenvalue weighted by Crippen LogP contribution is 2.26. The Balaban J connectivity index is 2.42. The number of aryl methyl sites for hydroxylation is 4. The fraction of sp³-hybridized carbons (Fsp3) is 0.222. The van der Waals surface area contributed by atoms with Gasteiger partial charge in [-0.2, -0.15) is 0 Å². The van der Waals surface area contributed by atoms with Crippen molar-refractivity contribution in [2.24, 2.45) is 9.98 Å². The zero-order chi connectivity index (χ0) is 16.3. The van der Waals surface area contributed by atoms with E-state index in [4.69, 9.17) is 23.2 Å². The summed E-state index contributed by atoms with van der Waals surface area (Å²) in [7, 11) is 0. The molecule has 0 radical (unpaired) electrons. The predicted octanol–water partition coefficient (Wildman–Crippen LogP) is 6.16. The first kappa shape index (κ1) is 16.7. The Hall–Kier alpha value is -1.64. The van der Waals surface area contributed by atoms with Crippen LogP contribution in [-0.2, 0) is 0 Å². The first-order valence-electron chi connectivity index (χ1n) is 7.01. The maximum absolute atomic E-state index is 6.25. The molecule has 0 heterocycles. The van der Waals surface area contributed by atoms with Crippen molar-refractivity contribution in [2.45, 2.75) is 27.7 Å². The van der Waals surface area contributed by atoms with Crippen molar-refractivity contribution in [3.63, 3.8) is 0 Å². The zero-order valence-electron chi connectivity index (χ0n) is 13.1. The van der Waals surface area contributed by atoms with Gasteiger partial charge >= 0.3 is 0 Å². The molecule has 0 saturated carbocycles. The molecule has 2 nitrogen and oxygen atoms in total. The maximum atomic E-state index is 6.25. The fourth-order valence-corrected chi connectivity index (χ4v) is 2.51. The Morgan fingerprint density at radius 3 is 1.18 bits per heavy atom. The number of nitrogens with zero attached hydrogens (tertiary/aromatic N) is 2. The Labute approximate surface area is 141 Å². The van der Waals surface area contributed by atoms with Gasteiger partial charge in [0.15, 0.2) is 10.3 Å². The molecule has 0 atom stereocenters. The first-order chi connectivity index (χ1) is 10.4. The summed E-state index contributed by atoms with van der Waals surface area (Å²) < 4.78 is 0. The summed E-state index contributed by atoms with van der Waals surface area (Å²) in [5, 5.41) is 0.392. The molecule has 0 N–H and O–H groups in total. The van der Waals surface area contributed by atoms with E-state index in [0.29, 0.717) is 0 Å². The van der Waals surface area contributed by atoms with E-state index < -0.39 is 0 Å². The summed E-state index contributed by atoms with van der Waals surface area (Å²) >= 11 is 12.5. The third-order valence-electron chi connectivity index (χ3n) is 3.47. The van der Waals surface area contributed by atoms with Gasteiger partial charge in [0.1, 0.15) is 0 Å². The molecule has 0 aliphatic heterocycles. The van der Waals surface area contributed by atoms with Crippen molar-refractivity contribution in [3.05, 3.63) is 58.7 Å². The molecule has 2 rings (SSSR count). The summed E-state index contributed by atoms with van der Waals surface area (Å²) in [5.41, 5.74) is 5.87. The molecule has 0 aliphatic rings. The average Bonchev–Trinajstić information content (AvgIpc) is 2.46. The van der Waals surface area contributed by atoms with Gasteiger partial charge in [-0.1, -0.05) is 59.6 Å². The van der Waals surface area contributed by atoms with Crippen molar-refractivity contribution < 1.29 is 0 Å². The van der Waals surface area contributed by atoms with Gasteiger partial charge in [0, 0.05) is 0 Å². The molecular weight excluding hydrogens is 315 g/mol. The second kappa shape index (κ2) is 7.08. The van der Waals surface area contributed by atoms with E-state index in [0.717, 1.165) is 33.6 Å². The molecule has 114 valence electrons. The van der Waals surface area contributed by atoms with Gasteiger partial charge < -0.3 is 0 Å². The quantitative estimate of drug-likeness (QED) is 0.601. The van der Waals surface area contributed by atoms with Crippen LogP contribution < -0.4 is 0 Å². The molecule has 0 saturated heterocycles. The van der Waals surface area contributed by atoms with Crippen molar-refractivity contribution in [1.29, 1.82) is 0 Å². The van der Waals surface area contributed by atoms with Gasteiger partial charge in [0.25, 0.3) is 0 Å². The lowest BCUT2D eigenvalue weighted by atomic mass is 10.1. The summed E-state index contributed by atoms with van der Waals surface area (Å²) in [6, 6.07) is 12.0. The Kier molecular flexibility index (Phi) is 5.38. The summed E-state index contributed by atoms with van der Waals surface area (Å²) in [5.74, 6) is 0. The lowest BCUT2D eigenvalue weighted by Gasteiger charge is -2.06. The number of hydrogen-bond acceptors (Lipinski definition) is 2. The minimum atomic E-state index is 0.196. The molecule has 2 aromatic carbocycles. The molecule has 0 amide bonds. The average molecular weight is 333 g/mol. The van der Waals surface area contributed by atoms with Gasteiger partial charge in [0.2, 0.25) is 0 Å².